The first-order chi connectivity index (χ1) is 12.1. The molecule has 0 atom stereocenters. The molecule has 0 aliphatic heterocycles. The molecule has 1 aromatic heterocycles. The van der Waals surface area contributed by atoms with Crippen LogP contribution >= 0.6 is 11.6 Å². The van der Waals surface area contributed by atoms with Crippen molar-refractivity contribution in [1.29, 1.82) is 0 Å². The minimum absolute atomic E-state index is 0.472. The Labute approximate surface area is 152 Å². The van der Waals surface area contributed by atoms with Crippen LogP contribution in [0.5, 0.6) is 5.75 Å². The van der Waals surface area contributed by atoms with Gasteiger partial charge in [0.25, 0.3) is 0 Å². The van der Waals surface area contributed by atoms with Crippen LogP contribution in [-0.4, -0.2) is 12.1 Å². The van der Waals surface area contributed by atoms with Gasteiger partial charge in [-0.25, -0.2) is 0 Å². The number of hydrogen-bond acceptors (Lipinski definition) is 3. The van der Waals surface area contributed by atoms with Gasteiger partial charge >= 0.3 is 0 Å². The van der Waals surface area contributed by atoms with Gasteiger partial charge in [0, 0.05) is 16.8 Å². The van der Waals surface area contributed by atoms with Crippen molar-refractivity contribution >= 4 is 17.3 Å². The van der Waals surface area contributed by atoms with Crippen LogP contribution in [0.25, 0.3) is 16.8 Å². The molecule has 3 nitrogen and oxygen atoms in total. The number of pyridine rings is 1. The van der Waals surface area contributed by atoms with Gasteiger partial charge in [-0.05, 0) is 53.4 Å². The van der Waals surface area contributed by atoms with Crippen molar-refractivity contribution in [2.24, 2.45) is 5.73 Å². The molecule has 0 spiro atoms. The number of nitrogens with zero attached hydrogens (tertiary/aromatic N) is 1. The van der Waals surface area contributed by atoms with E-state index in [-0.39, 0.29) is 0 Å². The smallest absolute Gasteiger partial charge is 0.126 e. The van der Waals surface area contributed by atoms with E-state index >= 15 is 0 Å². The summed E-state index contributed by atoms with van der Waals surface area (Å²) in [6, 6.07) is 17.8. The number of nitrogens with two attached hydrogens (primary N) is 1. The number of rotatable bonds is 5. The molecular formula is C21H19ClN2O. The van der Waals surface area contributed by atoms with Crippen molar-refractivity contribution in [2.75, 3.05) is 7.11 Å². The lowest BCUT2D eigenvalue weighted by molar-refractivity contribution is 0.416. The quantitative estimate of drug-likeness (QED) is 0.709. The second-order valence-electron chi connectivity index (χ2n) is 5.80. The maximum Gasteiger partial charge on any atom is 0.126 e. The van der Waals surface area contributed by atoms with Crippen molar-refractivity contribution in [3.8, 4) is 16.9 Å². The van der Waals surface area contributed by atoms with Gasteiger partial charge in [0.2, 0.25) is 0 Å². The van der Waals surface area contributed by atoms with Crippen molar-refractivity contribution in [2.45, 2.75) is 6.42 Å². The number of benzene rings is 2. The fourth-order valence-corrected chi connectivity index (χ4v) is 2.89. The van der Waals surface area contributed by atoms with Crippen molar-refractivity contribution in [1.82, 2.24) is 4.98 Å². The maximum atomic E-state index is 6.13. The van der Waals surface area contributed by atoms with E-state index in [1.807, 2.05) is 48.7 Å². The van der Waals surface area contributed by atoms with E-state index in [0.717, 1.165) is 34.4 Å². The average molecular weight is 351 g/mol. The molecule has 2 N–H and O–H groups in total. The van der Waals surface area contributed by atoms with Crippen LogP contribution in [0.15, 0.2) is 67.4 Å². The summed E-state index contributed by atoms with van der Waals surface area (Å²) in [4.78, 5) is 4.33. The fraction of sp³-hybridized carbons (Fsp3) is 0.0952. The van der Waals surface area contributed by atoms with Gasteiger partial charge in [0.1, 0.15) is 5.75 Å². The summed E-state index contributed by atoms with van der Waals surface area (Å²) in [7, 11) is 1.67. The molecule has 3 rings (SSSR count). The number of ether oxygens (including phenoxy) is 1. The molecule has 0 saturated carbocycles. The Morgan fingerprint density at radius 2 is 1.92 bits per heavy atom. The second kappa shape index (κ2) is 7.41. The highest BCUT2D eigenvalue weighted by molar-refractivity contribution is 6.30. The Morgan fingerprint density at radius 1 is 1.12 bits per heavy atom. The predicted molar refractivity (Wildman–Crippen MR) is 104 cm³/mol. The molecule has 0 saturated heterocycles. The van der Waals surface area contributed by atoms with Crippen molar-refractivity contribution in [3.05, 3.63) is 89.2 Å². The minimum atomic E-state index is 0.472. The fourth-order valence-electron chi connectivity index (χ4n) is 2.70. The van der Waals surface area contributed by atoms with Gasteiger partial charge < -0.3 is 10.5 Å². The molecular weight excluding hydrogens is 332 g/mol. The normalized spacial score (nSPS) is 10.5. The summed E-state index contributed by atoms with van der Waals surface area (Å²) in [5.74, 6) is 0.818. The standard InChI is InChI=1S/C21H19ClN2O/c1-14(23)20-8-6-16(13-24-20)10-15-7-9-21(25-2)19(11-15)17-4-3-5-18(22)12-17/h3-9,11-13H,1,10,23H2,2H3. The highest BCUT2D eigenvalue weighted by atomic mass is 35.5. The van der Waals surface area contributed by atoms with E-state index in [2.05, 4.69) is 23.7 Å². The van der Waals surface area contributed by atoms with E-state index in [4.69, 9.17) is 22.1 Å². The molecule has 0 fully saturated rings. The SMILES string of the molecule is C=C(N)c1ccc(Cc2ccc(OC)c(-c3cccc(Cl)c3)c2)cn1. The van der Waals surface area contributed by atoms with Gasteiger partial charge in [0.15, 0.2) is 0 Å². The first-order valence-electron chi connectivity index (χ1n) is 7.89. The molecule has 0 bridgehead atoms. The van der Waals surface area contributed by atoms with Crippen LogP contribution in [0.2, 0.25) is 5.02 Å². The summed E-state index contributed by atoms with van der Waals surface area (Å²) in [5, 5.41) is 0.701. The minimum Gasteiger partial charge on any atom is -0.496 e. The van der Waals surface area contributed by atoms with Crippen LogP contribution in [0.4, 0.5) is 0 Å². The highest BCUT2D eigenvalue weighted by Crippen LogP contribution is 2.32. The first kappa shape index (κ1) is 17.1. The van der Waals surface area contributed by atoms with Crippen LogP contribution in [0, 0.1) is 0 Å². The number of aromatic nitrogens is 1. The third-order valence-corrected chi connectivity index (χ3v) is 4.20. The van der Waals surface area contributed by atoms with E-state index in [1.54, 1.807) is 7.11 Å². The lowest BCUT2D eigenvalue weighted by Gasteiger charge is -2.12. The van der Waals surface area contributed by atoms with Crippen LogP contribution in [0.3, 0.4) is 0 Å². The van der Waals surface area contributed by atoms with Gasteiger partial charge in [-0.3, -0.25) is 4.98 Å². The van der Waals surface area contributed by atoms with Crippen LogP contribution in [-0.2, 0) is 6.42 Å². The van der Waals surface area contributed by atoms with E-state index in [9.17, 15) is 0 Å². The van der Waals surface area contributed by atoms with Crippen LogP contribution in [0.1, 0.15) is 16.8 Å². The molecule has 0 aliphatic rings. The largest absolute Gasteiger partial charge is 0.496 e. The molecule has 126 valence electrons. The summed E-state index contributed by atoms with van der Waals surface area (Å²) >= 11 is 6.13. The average Bonchev–Trinajstić information content (AvgIpc) is 2.62. The molecule has 0 amide bonds. The maximum absolute atomic E-state index is 6.13. The zero-order chi connectivity index (χ0) is 17.8. The number of hydrogen-bond donors (Lipinski definition) is 1. The van der Waals surface area contributed by atoms with Gasteiger partial charge in [-0.1, -0.05) is 42.4 Å². The zero-order valence-electron chi connectivity index (χ0n) is 14.0. The Kier molecular flexibility index (Phi) is 5.05. The van der Waals surface area contributed by atoms with Crippen molar-refractivity contribution < 1.29 is 4.74 Å². The van der Waals surface area contributed by atoms with E-state index in [0.29, 0.717) is 16.4 Å². The molecule has 0 unspecified atom stereocenters. The summed E-state index contributed by atoms with van der Waals surface area (Å²) in [6.07, 6.45) is 2.60. The summed E-state index contributed by atoms with van der Waals surface area (Å²) in [5.41, 5.74) is 11.2. The molecule has 2 aromatic carbocycles. The first-order valence-corrected chi connectivity index (χ1v) is 8.27. The van der Waals surface area contributed by atoms with Crippen molar-refractivity contribution in [3.63, 3.8) is 0 Å². The summed E-state index contributed by atoms with van der Waals surface area (Å²) in [6.45, 7) is 3.70. The van der Waals surface area contributed by atoms with E-state index in [1.165, 1.54) is 0 Å². The molecule has 25 heavy (non-hydrogen) atoms. The topological polar surface area (TPSA) is 48.1 Å². The highest BCUT2D eigenvalue weighted by Gasteiger charge is 2.09. The Bertz CT molecular complexity index is 904. The predicted octanol–water partition coefficient (Wildman–Crippen LogP) is 4.93. The molecule has 4 heteroatoms. The Hall–Kier alpha value is -2.78. The third-order valence-electron chi connectivity index (χ3n) is 3.96. The Morgan fingerprint density at radius 3 is 2.56 bits per heavy atom. The third kappa shape index (κ3) is 4.01. The van der Waals surface area contributed by atoms with Gasteiger partial charge in [-0.15, -0.1) is 0 Å². The zero-order valence-corrected chi connectivity index (χ0v) is 14.8. The van der Waals surface area contributed by atoms with Gasteiger partial charge in [0.05, 0.1) is 18.5 Å². The van der Waals surface area contributed by atoms with Gasteiger partial charge in [-0.2, -0.15) is 0 Å². The van der Waals surface area contributed by atoms with Crippen LogP contribution < -0.4 is 10.5 Å². The lowest BCUT2D eigenvalue weighted by atomic mass is 9.98. The number of methoxy groups -OCH3 is 1. The lowest BCUT2D eigenvalue weighted by Crippen LogP contribution is -1.98. The van der Waals surface area contributed by atoms with E-state index < -0.39 is 0 Å². The summed E-state index contributed by atoms with van der Waals surface area (Å²) < 4.78 is 5.51. The monoisotopic (exact) mass is 350 g/mol. The molecule has 0 aliphatic carbocycles. The molecule has 3 aromatic rings. The molecule has 1 heterocycles. The number of halogens is 1. The Balaban J connectivity index is 1.92. The second-order valence-corrected chi connectivity index (χ2v) is 6.24. The molecule has 0 radical (unpaired) electrons.